The first kappa shape index (κ1) is 17.9. The number of aromatic amines is 1. The maximum absolute atomic E-state index is 12.3. The quantitative estimate of drug-likeness (QED) is 0.888. The second kappa shape index (κ2) is 6.78. The van der Waals surface area contributed by atoms with E-state index in [-0.39, 0.29) is 11.1 Å². The number of fused-ring (bicyclic) bond motifs is 1. The lowest BCUT2D eigenvalue weighted by atomic mass is 9.92. The van der Waals surface area contributed by atoms with Crippen LogP contribution in [0.1, 0.15) is 41.0 Å². The van der Waals surface area contributed by atoms with Gasteiger partial charge in [0, 0.05) is 26.2 Å². The number of aromatic nitrogens is 4. The maximum Gasteiger partial charge on any atom is 0.263 e. The molecular weight excluding hydrogens is 316 g/mol. The van der Waals surface area contributed by atoms with E-state index in [0.717, 1.165) is 38.0 Å². The molecule has 1 aliphatic heterocycles. The van der Waals surface area contributed by atoms with Gasteiger partial charge >= 0.3 is 0 Å². The summed E-state index contributed by atoms with van der Waals surface area (Å²) >= 11 is 0. The Morgan fingerprint density at radius 1 is 1.28 bits per heavy atom. The van der Waals surface area contributed by atoms with Crippen molar-refractivity contribution in [2.24, 2.45) is 11.8 Å². The molecule has 7 nitrogen and oxygen atoms in total. The van der Waals surface area contributed by atoms with Gasteiger partial charge in [-0.25, -0.2) is 4.68 Å². The van der Waals surface area contributed by atoms with Crippen LogP contribution >= 0.6 is 0 Å². The second-order valence-corrected chi connectivity index (χ2v) is 8.51. The van der Waals surface area contributed by atoms with Gasteiger partial charge < -0.3 is 10.2 Å². The van der Waals surface area contributed by atoms with Crippen molar-refractivity contribution in [2.75, 3.05) is 31.5 Å². The van der Waals surface area contributed by atoms with Crippen molar-refractivity contribution in [2.45, 2.75) is 46.6 Å². The first-order valence-corrected chi connectivity index (χ1v) is 9.19. The van der Waals surface area contributed by atoms with Crippen molar-refractivity contribution in [1.29, 1.82) is 0 Å². The van der Waals surface area contributed by atoms with Crippen molar-refractivity contribution in [3.05, 3.63) is 16.6 Å². The summed E-state index contributed by atoms with van der Waals surface area (Å²) in [5.74, 6) is 2.01. The van der Waals surface area contributed by atoms with E-state index < -0.39 is 0 Å². The van der Waals surface area contributed by atoms with Gasteiger partial charge in [0.25, 0.3) is 5.56 Å². The van der Waals surface area contributed by atoms with Crippen molar-refractivity contribution < 1.29 is 0 Å². The van der Waals surface area contributed by atoms with Crippen LogP contribution in [0.4, 0.5) is 5.95 Å². The third-order valence-corrected chi connectivity index (χ3v) is 4.74. The van der Waals surface area contributed by atoms with Crippen molar-refractivity contribution in [1.82, 2.24) is 24.6 Å². The van der Waals surface area contributed by atoms with Gasteiger partial charge in [0.1, 0.15) is 5.39 Å². The van der Waals surface area contributed by atoms with Gasteiger partial charge in [0.2, 0.25) is 5.95 Å². The largest absolute Gasteiger partial charge is 0.354 e. The summed E-state index contributed by atoms with van der Waals surface area (Å²) in [7, 11) is 0. The van der Waals surface area contributed by atoms with Crippen molar-refractivity contribution in [3.8, 4) is 0 Å². The Labute approximate surface area is 148 Å². The van der Waals surface area contributed by atoms with E-state index in [1.54, 1.807) is 10.9 Å². The van der Waals surface area contributed by atoms with Gasteiger partial charge in [-0.2, -0.15) is 10.1 Å². The average Bonchev–Trinajstić information content (AvgIpc) is 2.90. The van der Waals surface area contributed by atoms with E-state index >= 15 is 0 Å². The summed E-state index contributed by atoms with van der Waals surface area (Å²) in [5.41, 5.74) is 0.252. The summed E-state index contributed by atoms with van der Waals surface area (Å²) in [4.78, 5) is 22.2. The molecule has 1 saturated heterocycles. The first-order valence-electron chi connectivity index (χ1n) is 9.19. The highest BCUT2D eigenvalue weighted by Crippen LogP contribution is 2.21. The van der Waals surface area contributed by atoms with E-state index in [2.05, 4.69) is 39.1 Å². The van der Waals surface area contributed by atoms with Gasteiger partial charge in [0.15, 0.2) is 5.65 Å². The molecule has 3 heterocycles. The highest BCUT2D eigenvalue weighted by atomic mass is 16.1. The SMILES string of the molecule is C[C@H]1C[C@H](C)CN(CCNc2nc3c(cnn3C(C)(C)C)c(=O)[nH]2)C1. The predicted octanol–water partition coefficient (Wildman–Crippen LogP) is 2.26. The Hall–Kier alpha value is -1.89. The maximum atomic E-state index is 12.3. The molecule has 0 unspecified atom stereocenters. The molecule has 0 spiro atoms. The van der Waals surface area contributed by atoms with Crippen molar-refractivity contribution >= 4 is 17.0 Å². The highest BCUT2D eigenvalue weighted by Gasteiger charge is 2.22. The smallest absolute Gasteiger partial charge is 0.263 e. The van der Waals surface area contributed by atoms with Crippen LogP contribution in [-0.4, -0.2) is 50.8 Å². The van der Waals surface area contributed by atoms with Crippen LogP contribution in [0.15, 0.2) is 11.0 Å². The van der Waals surface area contributed by atoms with Crippen LogP contribution in [-0.2, 0) is 5.54 Å². The third kappa shape index (κ3) is 4.03. The molecule has 25 heavy (non-hydrogen) atoms. The molecule has 1 aliphatic rings. The summed E-state index contributed by atoms with van der Waals surface area (Å²) in [6.45, 7) is 14.8. The van der Waals surface area contributed by atoms with E-state index in [1.807, 2.05) is 20.8 Å². The Balaban J connectivity index is 1.70. The molecule has 0 radical (unpaired) electrons. The molecule has 3 rings (SSSR count). The van der Waals surface area contributed by atoms with Crippen LogP contribution in [0, 0.1) is 11.8 Å². The normalized spacial score (nSPS) is 22.4. The zero-order valence-corrected chi connectivity index (χ0v) is 16.0. The number of hydrogen-bond acceptors (Lipinski definition) is 5. The molecule has 1 fully saturated rings. The number of nitrogens with zero attached hydrogens (tertiary/aromatic N) is 4. The molecule has 0 saturated carbocycles. The molecule has 0 aromatic carbocycles. The number of hydrogen-bond donors (Lipinski definition) is 2. The zero-order chi connectivity index (χ0) is 18.2. The van der Waals surface area contributed by atoms with Crippen LogP contribution < -0.4 is 10.9 Å². The fraction of sp³-hybridized carbons (Fsp3) is 0.722. The summed E-state index contributed by atoms with van der Waals surface area (Å²) in [6.07, 6.45) is 2.90. The molecule has 138 valence electrons. The number of likely N-dealkylation sites (tertiary alicyclic amines) is 1. The number of anilines is 1. The Kier molecular flexibility index (Phi) is 4.86. The molecule has 2 aromatic rings. The van der Waals surface area contributed by atoms with Crippen molar-refractivity contribution in [3.63, 3.8) is 0 Å². The van der Waals surface area contributed by atoms with E-state index in [1.165, 1.54) is 6.42 Å². The van der Waals surface area contributed by atoms with Crippen LogP contribution in [0.3, 0.4) is 0 Å². The second-order valence-electron chi connectivity index (χ2n) is 8.51. The van der Waals surface area contributed by atoms with Crippen LogP contribution in [0.2, 0.25) is 0 Å². The Bertz CT molecular complexity index is 777. The molecule has 2 N–H and O–H groups in total. The number of nitrogens with one attached hydrogen (secondary N) is 2. The standard InChI is InChI=1S/C18H30N6O/c1-12-8-13(2)11-23(10-12)7-6-19-17-21-15-14(16(25)22-17)9-20-24(15)18(3,4)5/h9,12-13H,6-8,10-11H2,1-5H3,(H2,19,21,22,25)/t12-,13-/m0/s1. The Morgan fingerprint density at radius 3 is 2.60 bits per heavy atom. The monoisotopic (exact) mass is 346 g/mol. The molecule has 0 aliphatic carbocycles. The fourth-order valence-corrected chi connectivity index (χ4v) is 3.80. The molecule has 2 aromatic heterocycles. The third-order valence-electron chi connectivity index (χ3n) is 4.74. The molecular formula is C18H30N6O. The summed E-state index contributed by atoms with van der Waals surface area (Å²) < 4.78 is 1.80. The lowest BCUT2D eigenvalue weighted by Gasteiger charge is -2.34. The van der Waals surface area contributed by atoms with Gasteiger partial charge in [0.05, 0.1) is 11.7 Å². The lowest BCUT2D eigenvalue weighted by molar-refractivity contribution is 0.146. The summed E-state index contributed by atoms with van der Waals surface area (Å²) in [6, 6.07) is 0. The van der Waals surface area contributed by atoms with E-state index in [4.69, 9.17) is 0 Å². The highest BCUT2D eigenvalue weighted by molar-refractivity contribution is 5.74. The summed E-state index contributed by atoms with van der Waals surface area (Å²) in [5, 5.41) is 8.14. The first-order chi connectivity index (χ1) is 11.7. The minimum Gasteiger partial charge on any atom is -0.354 e. The van der Waals surface area contributed by atoms with Crippen LogP contribution in [0.25, 0.3) is 11.0 Å². The number of piperidine rings is 1. The van der Waals surface area contributed by atoms with Crippen LogP contribution in [0.5, 0.6) is 0 Å². The average molecular weight is 346 g/mol. The molecule has 0 amide bonds. The van der Waals surface area contributed by atoms with E-state index in [9.17, 15) is 4.79 Å². The van der Waals surface area contributed by atoms with Gasteiger partial charge in [-0.15, -0.1) is 0 Å². The van der Waals surface area contributed by atoms with Gasteiger partial charge in [-0.1, -0.05) is 13.8 Å². The molecule has 0 bridgehead atoms. The van der Waals surface area contributed by atoms with E-state index in [0.29, 0.717) is 17.0 Å². The minimum absolute atomic E-state index is 0.150. The predicted molar refractivity (Wildman–Crippen MR) is 101 cm³/mol. The lowest BCUT2D eigenvalue weighted by Crippen LogP contribution is -2.41. The number of rotatable bonds is 4. The fourth-order valence-electron chi connectivity index (χ4n) is 3.80. The van der Waals surface area contributed by atoms with Gasteiger partial charge in [-0.3, -0.25) is 9.78 Å². The topological polar surface area (TPSA) is 78.8 Å². The van der Waals surface area contributed by atoms with Gasteiger partial charge in [-0.05, 0) is 39.0 Å². The Morgan fingerprint density at radius 2 is 1.96 bits per heavy atom. The molecule has 2 atom stereocenters. The number of H-pyrrole nitrogens is 1. The minimum atomic E-state index is -0.222. The molecule has 7 heteroatoms. The zero-order valence-electron chi connectivity index (χ0n) is 16.0.